The molecule has 9 heteroatoms. The minimum Gasteiger partial charge on any atom is -0.490 e. The molecule has 0 fully saturated rings. The zero-order chi connectivity index (χ0) is 28.1. The number of carbonyl (C=O) groups excluding carboxylic acids is 1. The first-order chi connectivity index (χ1) is 19.4. The van der Waals surface area contributed by atoms with Crippen molar-refractivity contribution in [3.05, 3.63) is 134 Å². The van der Waals surface area contributed by atoms with Crippen LogP contribution in [0.25, 0.3) is 6.08 Å². The Balaban J connectivity index is 1.48. The summed E-state index contributed by atoms with van der Waals surface area (Å²) in [5, 5.41) is 17.3. The molecular weight excluding hydrogens is 530 g/mol. The van der Waals surface area contributed by atoms with Gasteiger partial charge in [-0.2, -0.15) is 10.1 Å². The van der Waals surface area contributed by atoms with E-state index in [0.29, 0.717) is 45.7 Å². The summed E-state index contributed by atoms with van der Waals surface area (Å²) in [6, 6.07) is 28.3. The van der Waals surface area contributed by atoms with E-state index >= 15 is 0 Å². The molecule has 0 bridgehead atoms. The molecule has 0 aliphatic carbocycles. The predicted molar refractivity (Wildman–Crippen MR) is 155 cm³/mol. The maximum atomic E-state index is 13.6. The van der Waals surface area contributed by atoms with E-state index < -0.39 is 4.92 Å². The first-order valence-electron chi connectivity index (χ1n) is 12.5. The number of nitro benzene ring substituents is 1. The third-order valence-electron chi connectivity index (χ3n) is 6.10. The van der Waals surface area contributed by atoms with Crippen LogP contribution < -0.4 is 14.5 Å². The largest absolute Gasteiger partial charge is 0.490 e. The lowest BCUT2D eigenvalue weighted by atomic mass is 10.00. The monoisotopic (exact) mass is 553 g/mol. The third kappa shape index (κ3) is 5.72. The van der Waals surface area contributed by atoms with Crippen molar-refractivity contribution in [3.8, 4) is 11.5 Å². The molecule has 0 radical (unpaired) electrons. The maximum absolute atomic E-state index is 13.6. The summed E-state index contributed by atoms with van der Waals surface area (Å²) in [7, 11) is 0. The zero-order valence-corrected chi connectivity index (χ0v) is 22.2. The van der Waals surface area contributed by atoms with Crippen molar-refractivity contribution < 1.29 is 19.2 Å². The quantitative estimate of drug-likeness (QED) is 0.126. The number of para-hydroxylation sites is 1. The fourth-order valence-corrected chi connectivity index (χ4v) is 4.48. The van der Waals surface area contributed by atoms with Gasteiger partial charge in [0.1, 0.15) is 12.3 Å². The van der Waals surface area contributed by atoms with Gasteiger partial charge < -0.3 is 9.47 Å². The SMILES string of the molecule is CCOc1cc(/C=C2\C(=O)N(c3ccccc3)N=C2c2ccccc2)cc(Cl)c1OCc1ccc([N+](=O)[O-])cc1. The van der Waals surface area contributed by atoms with Crippen LogP contribution in [0.3, 0.4) is 0 Å². The standard InChI is InChI=1S/C31H24ClN3O5/c1-2-39-28-19-22(18-27(32)30(28)40-20-21-13-15-25(16-14-21)35(37)38)17-26-29(23-9-5-3-6-10-23)33-34(31(26)36)24-11-7-4-8-12-24/h3-19H,2,20H2,1H3/b26-17-. The Bertz CT molecular complexity index is 1600. The van der Waals surface area contributed by atoms with E-state index in [4.69, 9.17) is 21.1 Å². The Morgan fingerprint density at radius 2 is 1.62 bits per heavy atom. The molecule has 1 aliphatic rings. The van der Waals surface area contributed by atoms with Crippen LogP contribution in [0.4, 0.5) is 11.4 Å². The number of nitrogens with zero attached hydrogens (tertiary/aromatic N) is 3. The number of non-ortho nitro benzene ring substituents is 1. The molecule has 8 nitrogen and oxygen atoms in total. The van der Waals surface area contributed by atoms with Gasteiger partial charge >= 0.3 is 0 Å². The number of amides is 1. The molecule has 5 rings (SSSR count). The van der Waals surface area contributed by atoms with Gasteiger partial charge in [-0.3, -0.25) is 14.9 Å². The number of ether oxygens (including phenoxy) is 2. The zero-order valence-electron chi connectivity index (χ0n) is 21.5. The summed E-state index contributed by atoms with van der Waals surface area (Å²) in [4.78, 5) is 24.1. The molecule has 0 spiro atoms. The van der Waals surface area contributed by atoms with E-state index in [9.17, 15) is 14.9 Å². The van der Waals surface area contributed by atoms with Gasteiger partial charge in [0.2, 0.25) is 0 Å². The average molecular weight is 554 g/mol. The summed E-state index contributed by atoms with van der Waals surface area (Å²) in [5.74, 6) is 0.481. The number of rotatable bonds is 9. The Morgan fingerprint density at radius 3 is 2.27 bits per heavy atom. The predicted octanol–water partition coefficient (Wildman–Crippen LogP) is 7.06. The van der Waals surface area contributed by atoms with Gasteiger partial charge in [-0.1, -0.05) is 60.1 Å². The Labute approximate surface area is 235 Å². The molecule has 4 aromatic carbocycles. The van der Waals surface area contributed by atoms with E-state index in [0.717, 1.165) is 11.1 Å². The number of hydrazone groups is 1. The average Bonchev–Trinajstić information content (AvgIpc) is 3.29. The minimum atomic E-state index is -0.454. The topological polar surface area (TPSA) is 94.3 Å². The highest BCUT2D eigenvalue weighted by Crippen LogP contribution is 2.38. The number of hydrogen-bond donors (Lipinski definition) is 0. The smallest absolute Gasteiger partial charge is 0.281 e. The summed E-state index contributed by atoms with van der Waals surface area (Å²) in [5.41, 5.74) is 3.79. The highest BCUT2D eigenvalue weighted by Gasteiger charge is 2.32. The van der Waals surface area contributed by atoms with Gasteiger partial charge in [0.05, 0.1) is 27.8 Å². The summed E-state index contributed by atoms with van der Waals surface area (Å²) in [6.07, 6.45) is 1.74. The summed E-state index contributed by atoms with van der Waals surface area (Å²) < 4.78 is 11.8. The molecule has 1 aliphatic heterocycles. The second-order valence-electron chi connectivity index (χ2n) is 8.80. The number of halogens is 1. The molecule has 1 amide bonds. The van der Waals surface area contributed by atoms with Crippen molar-refractivity contribution in [2.75, 3.05) is 11.6 Å². The third-order valence-corrected chi connectivity index (χ3v) is 6.38. The van der Waals surface area contributed by atoms with Crippen LogP contribution in [0.15, 0.2) is 108 Å². The summed E-state index contributed by atoms with van der Waals surface area (Å²) >= 11 is 6.65. The fraction of sp³-hybridized carbons (Fsp3) is 0.0968. The second-order valence-corrected chi connectivity index (χ2v) is 9.21. The molecule has 0 saturated heterocycles. The molecule has 1 heterocycles. The van der Waals surface area contributed by atoms with E-state index in [2.05, 4.69) is 5.10 Å². The fourth-order valence-electron chi connectivity index (χ4n) is 4.21. The molecule has 0 aromatic heterocycles. The molecule has 200 valence electrons. The molecule has 0 unspecified atom stereocenters. The van der Waals surface area contributed by atoms with E-state index in [1.165, 1.54) is 17.1 Å². The van der Waals surface area contributed by atoms with Crippen LogP contribution in [-0.2, 0) is 11.4 Å². The number of anilines is 1. The number of nitro groups is 1. The maximum Gasteiger partial charge on any atom is 0.281 e. The van der Waals surface area contributed by atoms with Crippen molar-refractivity contribution in [2.24, 2.45) is 5.10 Å². The van der Waals surface area contributed by atoms with Gasteiger partial charge in [-0.15, -0.1) is 0 Å². The lowest BCUT2D eigenvalue weighted by molar-refractivity contribution is -0.384. The lowest BCUT2D eigenvalue weighted by Gasteiger charge is -2.15. The Morgan fingerprint density at radius 1 is 0.950 bits per heavy atom. The molecule has 40 heavy (non-hydrogen) atoms. The first-order valence-corrected chi connectivity index (χ1v) is 12.9. The Kier molecular flexibility index (Phi) is 7.89. The van der Waals surface area contributed by atoms with Gasteiger partial charge in [0, 0.05) is 17.7 Å². The normalized spacial score (nSPS) is 13.8. The van der Waals surface area contributed by atoms with Crippen LogP contribution in [0.1, 0.15) is 23.6 Å². The molecule has 4 aromatic rings. The van der Waals surface area contributed by atoms with Crippen LogP contribution in [-0.4, -0.2) is 23.1 Å². The molecule has 0 saturated carbocycles. The van der Waals surface area contributed by atoms with Crippen LogP contribution in [0.5, 0.6) is 11.5 Å². The minimum absolute atomic E-state index is 0.000112. The van der Waals surface area contributed by atoms with Gasteiger partial charge in [-0.25, -0.2) is 0 Å². The lowest BCUT2D eigenvalue weighted by Crippen LogP contribution is -2.21. The highest BCUT2D eigenvalue weighted by atomic mass is 35.5. The van der Waals surface area contributed by atoms with Crippen molar-refractivity contribution in [3.63, 3.8) is 0 Å². The van der Waals surface area contributed by atoms with Crippen LogP contribution in [0.2, 0.25) is 5.02 Å². The molecular formula is C31H24ClN3O5. The molecule has 0 atom stereocenters. The van der Waals surface area contributed by atoms with Crippen molar-refractivity contribution >= 4 is 40.7 Å². The number of hydrogen-bond acceptors (Lipinski definition) is 6. The number of carbonyl (C=O) groups is 1. The van der Waals surface area contributed by atoms with Crippen molar-refractivity contribution in [2.45, 2.75) is 13.5 Å². The van der Waals surface area contributed by atoms with E-state index in [1.54, 1.807) is 30.3 Å². The Hall–Kier alpha value is -4.95. The van der Waals surface area contributed by atoms with Gasteiger partial charge in [0.25, 0.3) is 11.6 Å². The van der Waals surface area contributed by atoms with E-state index in [1.807, 2.05) is 67.6 Å². The van der Waals surface area contributed by atoms with Gasteiger partial charge in [-0.05, 0) is 60.5 Å². The number of benzene rings is 4. The molecule has 0 N–H and O–H groups in total. The van der Waals surface area contributed by atoms with Crippen LogP contribution in [0, 0.1) is 10.1 Å². The highest BCUT2D eigenvalue weighted by molar-refractivity contribution is 6.37. The second kappa shape index (κ2) is 11.8. The first kappa shape index (κ1) is 26.6. The van der Waals surface area contributed by atoms with Crippen LogP contribution >= 0.6 is 11.6 Å². The van der Waals surface area contributed by atoms with Gasteiger partial charge in [0.15, 0.2) is 11.5 Å². The summed E-state index contributed by atoms with van der Waals surface area (Å²) in [6.45, 7) is 2.34. The van der Waals surface area contributed by atoms with Crippen molar-refractivity contribution in [1.82, 2.24) is 0 Å². The van der Waals surface area contributed by atoms with E-state index in [-0.39, 0.29) is 18.2 Å². The van der Waals surface area contributed by atoms with Crippen molar-refractivity contribution in [1.29, 1.82) is 0 Å².